The van der Waals surface area contributed by atoms with E-state index in [1.165, 1.54) is 11.4 Å². The lowest BCUT2D eigenvalue weighted by Crippen LogP contribution is -2.24. The van der Waals surface area contributed by atoms with E-state index in [1.807, 2.05) is 24.3 Å². The largest absolute Gasteiger partial charge is 0.372 e. The second kappa shape index (κ2) is 16.0. The third kappa shape index (κ3) is 7.87. The van der Waals surface area contributed by atoms with Crippen molar-refractivity contribution in [2.45, 2.75) is 53.4 Å². The summed E-state index contributed by atoms with van der Waals surface area (Å²) in [7, 11) is 0. The van der Waals surface area contributed by atoms with E-state index in [4.69, 9.17) is 5.26 Å². The zero-order valence-electron chi connectivity index (χ0n) is 24.5. The highest BCUT2D eigenvalue weighted by Gasteiger charge is 2.11. The van der Waals surface area contributed by atoms with Crippen molar-refractivity contribution in [3.63, 3.8) is 0 Å². The molecule has 1 aliphatic carbocycles. The van der Waals surface area contributed by atoms with Crippen LogP contribution in [0.2, 0.25) is 0 Å². The second-order valence-electron chi connectivity index (χ2n) is 9.86. The molecule has 0 saturated carbocycles. The first kappa shape index (κ1) is 30.3. The van der Waals surface area contributed by atoms with Crippen LogP contribution < -0.4 is 9.80 Å². The summed E-state index contributed by atoms with van der Waals surface area (Å²) in [5.41, 5.74) is 8.46. The number of anilines is 2. The van der Waals surface area contributed by atoms with Gasteiger partial charge >= 0.3 is 0 Å². The Morgan fingerprint density at radius 1 is 0.675 bits per heavy atom. The molecule has 4 rings (SSSR count). The molecule has 1 aliphatic rings. The van der Waals surface area contributed by atoms with Gasteiger partial charge in [0.15, 0.2) is 0 Å². The molecule has 0 N–H and O–H groups in total. The van der Waals surface area contributed by atoms with Crippen LogP contribution in [0.4, 0.5) is 11.4 Å². The summed E-state index contributed by atoms with van der Waals surface area (Å²) in [4.78, 5) is 4.74. The zero-order chi connectivity index (χ0) is 28.7. The average Bonchev–Trinajstić information content (AvgIpc) is 3.02. The molecule has 3 aromatic carbocycles. The monoisotopic (exact) mass is 530 g/mol. The molecule has 0 bridgehead atoms. The molecule has 0 unspecified atom stereocenters. The Morgan fingerprint density at radius 2 is 1.25 bits per heavy atom. The van der Waals surface area contributed by atoms with Crippen molar-refractivity contribution in [3.8, 4) is 23.3 Å². The maximum atomic E-state index is 9.26. The molecule has 0 amide bonds. The zero-order valence-corrected chi connectivity index (χ0v) is 24.5. The van der Waals surface area contributed by atoms with Crippen molar-refractivity contribution in [1.82, 2.24) is 0 Å². The Labute approximate surface area is 241 Å². The summed E-state index contributed by atoms with van der Waals surface area (Å²) < 4.78 is 0. The van der Waals surface area contributed by atoms with Crippen molar-refractivity contribution in [2.75, 3.05) is 36.0 Å². The van der Waals surface area contributed by atoms with Gasteiger partial charge < -0.3 is 9.80 Å². The standard InChI is InChI=1S/C19H24N2.C17H18N2/c1-3-13-21(14-4-2)18-11-9-16(10-12-18)19-8-6-5-7-17(19)15-20;1-3-19(4-2)16-11-9-14(10-12-16)17-8-6-5-7-15(17)13-18/h6,8-12H,3-5,7,13-14H2,1-2H3;5-12H,3-4H2,1-2H3. The summed E-state index contributed by atoms with van der Waals surface area (Å²) in [6.07, 6.45) is 8.41. The van der Waals surface area contributed by atoms with Gasteiger partial charge in [-0.2, -0.15) is 10.5 Å². The summed E-state index contributed by atoms with van der Waals surface area (Å²) in [6.45, 7) is 12.9. The molecule has 0 aliphatic heterocycles. The molecule has 4 heteroatoms. The molecule has 0 saturated heterocycles. The number of hydrogen-bond acceptors (Lipinski definition) is 4. The van der Waals surface area contributed by atoms with Gasteiger partial charge in [0, 0.05) is 43.1 Å². The molecule has 0 spiro atoms. The summed E-state index contributed by atoms with van der Waals surface area (Å²) in [5.74, 6) is 0. The molecule has 0 aromatic heterocycles. The Kier molecular flexibility index (Phi) is 12.1. The van der Waals surface area contributed by atoms with E-state index < -0.39 is 0 Å². The molecular formula is C36H42N4. The highest BCUT2D eigenvalue weighted by atomic mass is 15.1. The van der Waals surface area contributed by atoms with Gasteiger partial charge in [-0.05, 0) is 92.1 Å². The molecular weight excluding hydrogens is 488 g/mol. The van der Waals surface area contributed by atoms with Crippen molar-refractivity contribution in [2.24, 2.45) is 0 Å². The SMILES string of the molecule is CCCN(CCC)c1ccc(C2=C(C#N)CCC=C2)cc1.CCN(CC)c1ccc(-c2ccccc2C#N)cc1. The van der Waals surface area contributed by atoms with Gasteiger partial charge in [0.2, 0.25) is 0 Å². The summed E-state index contributed by atoms with van der Waals surface area (Å²) in [5, 5.41) is 18.4. The van der Waals surface area contributed by atoms with Crippen LogP contribution in [0, 0.1) is 22.7 Å². The molecule has 0 atom stereocenters. The molecule has 4 nitrogen and oxygen atoms in total. The van der Waals surface area contributed by atoms with Gasteiger partial charge in [-0.1, -0.05) is 68.5 Å². The molecule has 0 radical (unpaired) electrons. The number of benzene rings is 3. The van der Waals surface area contributed by atoms with Gasteiger partial charge in [0.25, 0.3) is 0 Å². The van der Waals surface area contributed by atoms with E-state index in [-0.39, 0.29) is 0 Å². The predicted molar refractivity (Wildman–Crippen MR) is 170 cm³/mol. The number of nitriles is 2. The van der Waals surface area contributed by atoms with Crippen LogP contribution in [-0.2, 0) is 0 Å². The average molecular weight is 531 g/mol. The lowest BCUT2D eigenvalue weighted by Gasteiger charge is -2.24. The lowest BCUT2D eigenvalue weighted by molar-refractivity contribution is 0.745. The van der Waals surface area contributed by atoms with Gasteiger partial charge in [-0.15, -0.1) is 0 Å². The maximum absolute atomic E-state index is 9.26. The second-order valence-corrected chi connectivity index (χ2v) is 9.86. The van der Waals surface area contributed by atoms with Crippen LogP contribution in [-0.4, -0.2) is 26.2 Å². The number of nitrogens with zero attached hydrogens (tertiary/aromatic N) is 4. The fourth-order valence-electron chi connectivity index (χ4n) is 5.09. The van der Waals surface area contributed by atoms with Gasteiger partial charge in [-0.25, -0.2) is 0 Å². The molecule has 0 heterocycles. The first-order valence-corrected chi connectivity index (χ1v) is 14.6. The van der Waals surface area contributed by atoms with E-state index in [9.17, 15) is 5.26 Å². The highest BCUT2D eigenvalue weighted by molar-refractivity contribution is 5.80. The van der Waals surface area contributed by atoms with Crippen molar-refractivity contribution in [3.05, 3.63) is 102 Å². The fraction of sp³-hybridized carbons (Fsp3) is 0.333. The third-order valence-electron chi connectivity index (χ3n) is 7.19. The quantitative estimate of drug-likeness (QED) is 0.262. The van der Waals surface area contributed by atoms with E-state index >= 15 is 0 Å². The minimum Gasteiger partial charge on any atom is -0.372 e. The van der Waals surface area contributed by atoms with E-state index in [0.29, 0.717) is 0 Å². The van der Waals surface area contributed by atoms with Crippen LogP contribution in [0.25, 0.3) is 16.7 Å². The number of rotatable bonds is 10. The Morgan fingerprint density at radius 3 is 1.80 bits per heavy atom. The van der Waals surface area contributed by atoms with Crippen molar-refractivity contribution >= 4 is 16.9 Å². The molecule has 206 valence electrons. The van der Waals surface area contributed by atoms with Crippen molar-refractivity contribution in [1.29, 1.82) is 10.5 Å². The van der Waals surface area contributed by atoms with Crippen LogP contribution >= 0.6 is 0 Å². The van der Waals surface area contributed by atoms with E-state index in [0.717, 1.165) is 85.3 Å². The first-order chi connectivity index (χ1) is 19.6. The van der Waals surface area contributed by atoms with Crippen LogP contribution in [0.5, 0.6) is 0 Å². The maximum Gasteiger partial charge on any atom is 0.0998 e. The number of allylic oxidation sites excluding steroid dienone is 4. The van der Waals surface area contributed by atoms with Gasteiger partial charge in [-0.3, -0.25) is 0 Å². The molecule has 3 aromatic rings. The molecule has 0 fully saturated rings. The fourth-order valence-corrected chi connectivity index (χ4v) is 5.09. The van der Waals surface area contributed by atoms with Crippen LogP contribution in [0.1, 0.15) is 64.5 Å². The summed E-state index contributed by atoms with van der Waals surface area (Å²) >= 11 is 0. The predicted octanol–water partition coefficient (Wildman–Crippen LogP) is 9.01. The smallest absolute Gasteiger partial charge is 0.0998 e. The topological polar surface area (TPSA) is 54.1 Å². The van der Waals surface area contributed by atoms with E-state index in [1.54, 1.807) is 0 Å². The summed E-state index contributed by atoms with van der Waals surface area (Å²) in [6, 6.07) is 29.4. The minimum atomic E-state index is 0.720. The normalized spacial score (nSPS) is 12.2. The minimum absolute atomic E-state index is 0.720. The Hall–Kier alpha value is -4.28. The first-order valence-electron chi connectivity index (χ1n) is 14.6. The Balaban J connectivity index is 0.000000222. The third-order valence-corrected chi connectivity index (χ3v) is 7.19. The highest BCUT2D eigenvalue weighted by Crippen LogP contribution is 2.29. The van der Waals surface area contributed by atoms with Crippen LogP contribution in [0.15, 0.2) is 90.5 Å². The van der Waals surface area contributed by atoms with Gasteiger partial charge in [0.05, 0.1) is 17.7 Å². The van der Waals surface area contributed by atoms with Crippen LogP contribution in [0.3, 0.4) is 0 Å². The van der Waals surface area contributed by atoms with E-state index in [2.05, 4.69) is 110 Å². The van der Waals surface area contributed by atoms with Crippen molar-refractivity contribution < 1.29 is 0 Å². The Bertz CT molecular complexity index is 1340. The van der Waals surface area contributed by atoms with Gasteiger partial charge in [0.1, 0.15) is 0 Å². The number of hydrogen-bond donors (Lipinski definition) is 0. The molecule has 40 heavy (non-hydrogen) atoms. The lowest BCUT2D eigenvalue weighted by atomic mass is 9.93.